The van der Waals surface area contributed by atoms with Gasteiger partial charge in [0.15, 0.2) is 0 Å². The molecule has 0 radical (unpaired) electrons. The molecule has 0 saturated heterocycles. The zero-order valence-corrected chi connectivity index (χ0v) is 9.38. The summed E-state index contributed by atoms with van der Waals surface area (Å²) in [5.41, 5.74) is 2.48. The largest absolute Gasteiger partial charge is 0.466 e. The quantitative estimate of drug-likeness (QED) is 0.699. The molecule has 0 heterocycles. The number of rotatable bonds is 6. The first kappa shape index (κ1) is 13.5. The Morgan fingerprint density at radius 1 is 1.64 bits per heavy atom. The van der Waals surface area contributed by atoms with E-state index < -0.39 is 6.10 Å². The van der Waals surface area contributed by atoms with Crippen molar-refractivity contribution in [1.82, 2.24) is 0 Å². The van der Waals surface area contributed by atoms with Crippen LogP contribution in [0.4, 0.5) is 0 Å². The molecule has 0 rings (SSSR count). The zero-order chi connectivity index (χ0) is 11.0. The SMILES string of the molecule is CCOC(=O)CC(O)CC/C(C)=C/Cl. The highest BCUT2D eigenvalue weighted by atomic mass is 35.5. The van der Waals surface area contributed by atoms with E-state index in [9.17, 15) is 9.90 Å². The van der Waals surface area contributed by atoms with E-state index in [1.54, 1.807) is 6.92 Å². The monoisotopic (exact) mass is 220 g/mol. The van der Waals surface area contributed by atoms with Gasteiger partial charge >= 0.3 is 5.97 Å². The molecule has 0 saturated carbocycles. The van der Waals surface area contributed by atoms with Crippen LogP contribution in [0.25, 0.3) is 0 Å². The Kier molecular flexibility index (Phi) is 7.52. The molecule has 0 aliphatic heterocycles. The van der Waals surface area contributed by atoms with Gasteiger partial charge in [-0.25, -0.2) is 0 Å². The lowest BCUT2D eigenvalue weighted by Gasteiger charge is -2.09. The highest BCUT2D eigenvalue weighted by Gasteiger charge is 2.11. The number of aliphatic hydroxyl groups is 1. The fraction of sp³-hybridized carbons (Fsp3) is 0.700. The predicted octanol–water partition coefficient (Wildman–Crippen LogP) is 2.22. The second kappa shape index (κ2) is 7.83. The molecule has 0 spiro atoms. The maximum absolute atomic E-state index is 10.9. The molecular weight excluding hydrogens is 204 g/mol. The summed E-state index contributed by atoms with van der Waals surface area (Å²) in [6.45, 7) is 3.97. The molecule has 82 valence electrons. The minimum Gasteiger partial charge on any atom is -0.466 e. The summed E-state index contributed by atoms with van der Waals surface area (Å²) >= 11 is 5.46. The van der Waals surface area contributed by atoms with Crippen LogP contribution in [0.5, 0.6) is 0 Å². The molecule has 1 atom stereocenters. The average Bonchev–Trinajstić information content (AvgIpc) is 2.14. The van der Waals surface area contributed by atoms with Crippen molar-refractivity contribution in [2.45, 2.75) is 39.2 Å². The van der Waals surface area contributed by atoms with Crippen molar-refractivity contribution >= 4 is 17.6 Å². The molecule has 3 nitrogen and oxygen atoms in total. The lowest BCUT2D eigenvalue weighted by atomic mass is 10.1. The van der Waals surface area contributed by atoms with Crippen LogP contribution in [-0.4, -0.2) is 23.8 Å². The third kappa shape index (κ3) is 6.92. The van der Waals surface area contributed by atoms with Crippen LogP contribution in [0.1, 0.15) is 33.1 Å². The molecule has 0 fully saturated rings. The van der Waals surface area contributed by atoms with Crippen molar-refractivity contribution in [3.63, 3.8) is 0 Å². The van der Waals surface area contributed by atoms with E-state index in [0.717, 1.165) is 5.57 Å². The summed E-state index contributed by atoms with van der Waals surface area (Å²) in [7, 11) is 0. The molecule has 0 aromatic carbocycles. The summed E-state index contributed by atoms with van der Waals surface area (Å²) in [6.07, 6.45) is 0.655. The van der Waals surface area contributed by atoms with Gasteiger partial charge in [0, 0.05) is 5.54 Å². The third-order valence-corrected chi connectivity index (χ3v) is 2.14. The van der Waals surface area contributed by atoms with E-state index in [2.05, 4.69) is 0 Å². The molecular formula is C10H17ClO3. The van der Waals surface area contributed by atoms with E-state index in [-0.39, 0.29) is 12.4 Å². The van der Waals surface area contributed by atoms with E-state index in [1.807, 2.05) is 6.92 Å². The summed E-state index contributed by atoms with van der Waals surface area (Å²) in [5, 5.41) is 9.42. The Morgan fingerprint density at radius 2 is 2.29 bits per heavy atom. The van der Waals surface area contributed by atoms with Gasteiger partial charge in [0.05, 0.1) is 19.1 Å². The molecule has 0 aliphatic rings. The zero-order valence-electron chi connectivity index (χ0n) is 8.62. The van der Waals surface area contributed by atoms with Gasteiger partial charge in [-0.15, -0.1) is 0 Å². The average molecular weight is 221 g/mol. The fourth-order valence-electron chi connectivity index (χ4n) is 0.963. The third-order valence-electron chi connectivity index (χ3n) is 1.77. The Bertz CT molecular complexity index is 202. The number of halogens is 1. The molecule has 1 N–H and O–H groups in total. The molecule has 0 amide bonds. The number of ether oxygens (including phenoxy) is 1. The van der Waals surface area contributed by atoms with Crippen LogP contribution in [0, 0.1) is 0 Å². The van der Waals surface area contributed by atoms with E-state index in [4.69, 9.17) is 16.3 Å². The van der Waals surface area contributed by atoms with Crippen molar-refractivity contribution in [2.75, 3.05) is 6.61 Å². The summed E-state index contributed by atoms with van der Waals surface area (Å²) in [4.78, 5) is 10.9. The minimum atomic E-state index is -0.638. The van der Waals surface area contributed by atoms with Crippen molar-refractivity contribution in [1.29, 1.82) is 0 Å². The molecule has 0 bridgehead atoms. The van der Waals surface area contributed by atoms with Crippen molar-refractivity contribution in [3.8, 4) is 0 Å². The summed E-state index contributed by atoms with van der Waals surface area (Å²) < 4.78 is 4.71. The number of esters is 1. The van der Waals surface area contributed by atoms with Crippen LogP contribution in [-0.2, 0) is 9.53 Å². The summed E-state index contributed by atoms with van der Waals surface area (Å²) in [5.74, 6) is -0.354. The molecule has 0 aromatic rings. The lowest BCUT2D eigenvalue weighted by molar-refractivity contribution is -0.145. The van der Waals surface area contributed by atoms with Crippen LogP contribution < -0.4 is 0 Å². The van der Waals surface area contributed by atoms with Crippen LogP contribution in [0.2, 0.25) is 0 Å². The van der Waals surface area contributed by atoms with Crippen LogP contribution in [0.15, 0.2) is 11.1 Å². The molecule has 0 aliphatic carbocycles. The van der Waals surface area contributed by atoms with E-state index in [0.29, 0.717) is 19.4 Å². The van der Waals surface area contributed by atoms with Gasteiger partial charge in [0.2, 0.25) is 0 Å². The van der Waals surface area contributed by atoms with Crippen molar-refractivity contribution in [2.24, 2.45) is 0 Å². The Morgan fingerprint density at radius 3 is 2.79 bits per heavy atom. The van der Waals surface area contributed by atoms with Crippen molar-refractivity contribution in [3.05, 3.63) is 11.1 Å². The second-order valence-electron chi connectivity index (χ2n) is 3.16. The maximum atomic E-state index is 10.9. The van der Waals surface area contributed by atoms with Gasteiger partial charge in [0.1, 0.15) is 0 Å². The van der Waals surface area contributed by atoms with Gasteiger partial charge in [-0.05, 0) is 26.7 Å². The number of hydrogen-bond donors (Lipinski definition) is 1. The van der Waals surface area contributed by atoms with Crippen LogP contribution >= 0.6 is 11.6 Å². The van der Waals surface area contributed by atoms with Gasteiger partial charge in [-0.1, -0.05) is 17.2 Å². The standard InChI is InChI=1S/C10H17ClO3/c1-3-14-10(13)6-9(12)5-4-8(2)7-11/h7,9,12H,3-6H2,1-2H3/b8-7+. The number of aliphatic hydroxyl groups excluding tert-OH is 1. The Hall–Kier alpha value is -0.540. The molecule has 4 heteroatoms. The lowest BCUT2D eigenvalue weighted by Crippen LogP contribution is -2.15. The van der Waals surface area contributed by atoms with Crippen LogP contribution in [0.3, 0.4) is 0 Å². The minimum absolute atomic E-state index is 0.0589. The Balaban J connectivity index is 3.64. The topological polar surface area (TPSA) is 46.5 Å². The number of hydrogen-bond acceptors (Lipinski definition) is 3. The van der Waals surface area contributed by atoms with E-state index >= 15 is 0 Å². The number of carbonyl (C=O) groups excluding carboxylic acids is 1. The molecule has 0 aromatic heterocycles. The summed E-state index contributed by atoms with van der Waals surface area (Å²) in [6, 6.07) is 0. The highest BCUT2D eigenvalue weighted by Crippen LogP contribution is 2.10. The first-order chi connectivity index (χ1) is 6.60. The maximum Gasteiger partial charge on any atom is 0.308 e. The molecule has 14 heavy (non-hydrogen) atoms. The van der Waals surface area contributed by atoms with E-state index in [1.165, 1.54) is 5.54 Å². The second-order valence-corrected chi connectivity index (χ2v) is 3.38. The molecule has 1 unspecified atom stereocenters. The fourth-order valence-corrected chi connectivity index (χ4v) is 1.07. The first-order valence-electron chi connectivity index (χ1n) is 4.69. The highest BCUT2D eigenvalue weighted by molar-refractivity contribution is 6.25. The van der Waals surface area contributed by atoms with Gasteiger partial charge < -0.3 is 9.84 Å². The van der Waals surface area contributed by atoms with Crippen molar-refractivity contribution < 1.29 is 14.6 Å². The number of allylic oxidation sites excluding steroid dienone is 1. The van der Waals surface area contributed by atoms with Gasteiger partial charge in [0.25, 0.3) is 0 Å². The van der Waals surface area contributed by atoms with Gasteiger partial charge in [-0.2, -0.15) is 0 Å². The number of carbonyl (C=O) groups is 1. The van der Waals surface area contributed by atoms with Gasteiger partial charge in [-0.3, -0.25) is 4.79 Å². The predicted molar refractivity (Wildman–Crippen MR) is 56.1 cm³/mol. The smallest absolute Gasteiger partial charge is 0.308 e. The normalized spacial score (nSPS) is 13.9. The Labute approximate surface area is 89.7 Å². The first-order valence-corrected chi connectivity index (χ1v) is 5.13.